The number of hydrogen-bond acceptors (Lipinski definition) is 5. The zero-order valence-corrected chi connectivity index (χ0v) is 13.2. The monoisotopic (exact) mass is 328 g/mol. The van der Waals surface area contributed by atoms with Crippen molar-refractivity contribution in [2.75, 3.05) is 32.7 Å². The minimum atomic E-state index is -0.115. The minimum Gasteiger partial charge on any atom is -0.454 e. The molecule has 3 fully saturated rings. The van der Waals surface area contributed by atoms with Gasteiger partial charge in [0.25, 0.3) is 0 Å². The largest absolute Gasteiger partial charge is 0.454 e. The van der Waals surface area contributed by atoms with E-state index in [1.54, 1.807) is 6.08 Å². The summed E-state index contributed by atoms with van der Waals surface area (Å²) in [5.74, 6) is 0.625. The van der Waals surface area contributed by atoms with Crippen molar-refractivity contribution in [3.63, 3.8) is 0 Å². The van der Waals surface area contributed by atoms with E-state index in [1.807, 2.05) is 11.2 Å². The molecule has 0 radical (unpaired) electrons. The third-order valence-electron chi connectivity index (χ3n) is 4.82. The first-order chi connectivity index (χ1) is 10.1. The van der Waals surface area contributed by atoms with Gasteiger partial charge in [-0.25, -0.2) is 4.99 Å². The smallest absolute Gasteiger partial charge is 0.304 e. The SMILES string of the molecule is ClC1=C(Cl)CN(NC2=NC[C@@]3(CN4CCC3CC4)O2)C=C1. The third kappa shape index (κ3) is 2.41. The molecule has 0 unspecified atom stereocenters. The summed E-state index contributed by atoms with van der Waals surface area (Å²) >= 11 is 12.0. The number of hydrazine groups is 1. The highest BCUT2D eigenvalue weighted by Crippen LogP contribution is 2.40. The van der Waals surface area contributed by atoms with E-state index in [9.17, 15) is 0 Å². The van der Waals surface area contributed by atoms with Crippen LogP contribution in [-0.4, -0.2) is 54.3 Å². The van der Waals surface area contributed by atoms with Gasteiger partial charge in [-0.15, -0.1) is 0 Å². The van der Waals surface area contributed by atoms with E-state index in [2.05, 4.69) is 15.3 Å². The van der Waals surface area contributed by atoms with Crippen molar-refractivity contribution in [1.29, 1.82) is 0 Å². The summed E-state index contributed by atoms with van der Waals surface area (Å²) in [7, 11) is 0. The number of fused-ring (bicyclic) bond motifs is 2. The van der Waals surface area contributed by atoms with Gasteiger partial charge in [0.1, 0.15) is 5.60 Å². The lowest BCUT2D eigenvalue weighted by atomic mass is 9.75. The number of ether oxygens (including phenoxy) is 1. The average molecular weight is 329 g/mol. The quantitative estimate of drug-likeness (QED) is 0.797. The van der Waals surface area contributed by atoms with Crippen molar-refractivity contribution in [2.45, 2.75) is 18.4 Å². The molecule has 0 amide bonds. The highest BCUT2D eigenvalue weighted by Gasteiger charge is 2.51. The maximum absolute atomic E-state index is 6.22. The number of halogens is 2. The van der Waals surface area contributed by atoms with Gasteiger partial charge in [0.2, 0.25) is 0 Å². The van der Waals surface area contributed by atoms with E-state index in [-0.39, 0.29) is 5.60 Å². The van der Waals surface area contributed by atoms with Gasteiger partial charge in [-0.1, -0.05) is 23.2 Å². The number of piperidine rings is 3. The first-order valence-corrected chi connectivity index (χ1v) is 8.12. The molecule has 5 aliphatic rings. The van der Waals surface area contributed by atoms with Gasteiger partial charge < -0.3 is 4.74 Å². The summed E-state index contributed by atoms with van der Waals surface area (Å²) in [6.07, 6.45) is 6.05. The number of hydrogen-bond donors (Lipinski definition) is 1. The van der Waals surface area contributed by atoms with Crippen LogP contribution in [0.3, 0.4) is 0 Å². The Labute approximate surface area is 134 Å². The molecule has 0 aromatic rings. The van der Waals surface area contributed by atoms with Crippen LogP contribution < -0.4 is 5.43 Å². The maximum Gasteiger partial charge on any atom is 0.304 e. The van der Waals surface area contributed by atoms with Crippen LogP contribution in [0.25, 0.3) is 0 Å². The Balaban J connectivity index is 1.40. The summed E-state index contributed by atoms with van der Waals surface area (Å²) in [5.41, 5.74) is 3.06. The molecular weight excluding hydrogens is 311 g/mol. The van der Waals surface area contributed by atoms with Crippen molar-refractivity contribution < 1.29 is 4.74 Å². The normalized spacial score (nSPS) is 38.0. The zero-order chi connectivity index (χ0) is 14.4. The summed E-state index contributed by atoms with van der Waals surface area (Å²) in [5, 5.41) is 3.04. The number of allylic oxidation sites excluding steroid dienone is 2. The molecule has 2 bridgehead atoms. The summed E-state index contributed by atoms with van der Waals surface area (Å²) in [4.78, 5) is 7.04. The lowest BCUT2D eigenvalue weighted by Gasteiger charge is -2.50. The summed E-state index contributed by atoms with van der Waals surface area (Å²) < 4.78 is 6.22. The van der Waals surface area contributed by atoms with E-state index in [4.69, 9.17) is 27.9 Å². The molecule has 7 heteroatoms. The van der Waals surface area contributed by atoms with Crippen LogP contribution in [0.15, 0.2) is 27.3 Å². The van der Waals surface area contributed by atoms with Crippen LogP contribution in [0.2, 0.25) is 0 Å². The Morgan fingerprint density at radius 1 is 1.33 bits per heavy atom. The molecule has 1 N–H and O–H groups in total. The van der Waals surface area contributed by atoms with Crippen molar-refractivity contribution in [3.8, 4) is 0 Å². The van der Waals surface area contributed by atoms with Gasteiger partial charge in [-0.05, 0) is 32.0 Å². The van der Waals surface area contributed by atoms with Gasteiger partial charge in [-0.3, -0.25) is 15.3 Å². The van der Waals surface area contributed by atoms with E-state index >= 15 is 0 Å². The summed E-state index contributed by atoms with van der Waals surface area (Å²) in [6, 6.07) is 0.593. The van der Waals surface area contributed by atoms with Crippen LogP contribution in [-0.2, 0) is 4.74 Å². The Kier molecular flexibility index (Phi) is 3.32. The van der Waals surface area contributed by atoms with Gasteiger partial charge in [0.05, 0.1) is 23.2 Å². The molecule has 5 nitrogen and oxygen atoms in total. The molecule has 21 heavy (non-hydrogen) atoms. The van der Waals surface area contributed by atoms with E-state index in [0.717, 1.165) is 13.1 Å². The first kappa shape index (κ1) is 13.7. The van der Waals surface area contributed by atoms with Crippen LogP contribution in [0.4, 0.5) is 0 Å². The number of aliphatic imine (C=N–C) groups is 1. The van der Waals surface area contributed by atoms with E-state index in [1.165, 1.54) is 25.9 Å². The average Bonchev–Trinajstić information content (AvgIpc) is 2.87. The van der Waals surface area contributed by atoms with E-state index < -0.39 is 0 Å². The lowest BCUT2D eigenvalue weighted by molar-refractivity contribution is -0.0861. The number of nitrogens with zero attached hydrogens (tertiary/aromatic N) is 3. The Hall–Kier alpha value is -0.910. The van der Waals surface area contributed by atoms with Gasteiger partial charge in [-0.2, -0.15) is 0 Å². The molecule has 3 saturated heterocycles. The highest BCUT2D eigenvalue weighted by molar-refractivity contribution is 6.40. The van der Waals surface area contributed by atoms with Gasteiger partial charge in [0.15, 0.2) is 0 Å². The molecule has 5 rings (SSSR count). The predicted octanol–water partition coefficient (Wildman–Crippen LogP) is 1.86. The fourth-order valence-electron chi connectivity index (χ4n) is 3.66. The second kappa shape index (κ2) is 5.07. The summed E-state index contributed by atoms with van der Waals surface area (Å²) in [6.45, 7) is 4.66. The topological polar surface area (TPSA) is 40.1 Å². The fraction of sp³-hybridized carbons (Fsp3) is 0.643. The Morgan fingerprint density at radius 3 is 2.81 bits per heavy atom. The third-order valence-corrected chi connectivity index (χ3v) is 5.60. The van der Waals surface area contributed by atoms with Crippen LogP contribution in [0, 0.1) is 5.92 Å². The molecule has 0 saturated carbocycles. The number of rotatable bonds is 1. The fourth-order valence-corrected chi connectivity index (χ4v) is 3.97. The second-order valence-electron chi connectivity index (χ2n) is 6.15. The van der Waals surface area contributed by atoms with Crippen molar-refractivity contribution in [1.82, 2.24) is 15.3 Å². The molecule has 1 spiro atoms. The zero-order valence-electron chi connectivity index (χ0n) is 11.7. The lowest BCUT2D eigenvalue weighted by Crippen LogP contribution is -2.61. The maximum atomic E-state index is 6.22. The molecule has 0 aliphatic carbocycles. The minimum absolute atomic E-state index is 0.115. The van der Waals surface area contributed by atoms with Gasteiger partial charge >= 0.3 is 6.02 Å². The molecule has 114 valence electrons. The standard InChI is InChI=1S/C14H18Cl2N4O/c15-11-3-6-20(7-12(11)16)18-13-17-8-14(21-13)9-19-4-1-10(14)2-5-19/h3,6,10H,1-2,4-5,7-9H2,(H,17,18)/t14-/m0/s1. The molecule has 5 aliphatic heterocycles. The Bertz CT molecular complexity index is 539. The highest BCUT2D eigenvalue weighted by atomic mass is 35.5. The van der Waals surface area contributed by atoms with Crippen LogP contribution in [0.5, 0.6) is 0 Å². The van der Waals surface area contributed by atoms with Crippen molar-refractivity contribution in [3.05, 3.63) is 22.3 Å². The molecular formula is C14H18Cl2N4O. The molecule has 5 heterocycles. The second-order valence-corrected chi connectivity index (χ2v) is 7.01. The molecule has 1 atom stereocenters. The predicted molar refractivity (Wildman–Crippen MR) is 83.0 cm³/mol. The number of amidine groups is 1. The molecule has 0 aromatic carbocycles. The van der Waals surface area contributed by atoms with Crippen molar-refractivity contribution >= 4 is 29.2 Å². The van der Waals surface area contributed by atoms with Gasteiger partial charge in [0, 0.05) is 18.7 Å². The van der Waals surface area contributed by atoms with Crippen molar-refractivity contribution in [2.24, 2.45) is 10.9 Å². The van der Waals surface area contributed by atoms with Crippen LogP contribution >= 0.6 is 23.2 Å². The first-order valence-electron chi connectivity index (χ1n) is 7.36. The van der Waals surface area contributed by atoms with E-state index in [0.29, 0.717) is 28.5 Å². The Morgan fingerprint density at radius 2 is 2.14 bits per heavy atom. The van der Waals surface area contributed by atoms with Crippen LogP contribution in [0.1, 0.15) is 12.8 Å². The molecule has 0 aromatic heterocycles. The number of nitrogens with one attached hydrogen (secondary N) is 1.